The first kappa shape index (κ1) is 35.0. The van der Waals surface area contributed by atoms with Crippen molar-refractivity contribution in [3.8, 4) is 50.7 Å². The van der Waals surface area contributed by atoms with Gasteiger partial charge in [0.2, 0.25) is 0 Å². The minimum absolute atomic E-state index is 0. The molecular weight excluding hydrogens is 857 g/mol. The summed E-state index contributed by atoms with van der Waals surface area (Å²) in [7, 11) is 0. The molecule has 0 saturated carbocycles. The van der Waals surface area contributed by atoms with Gasteiger partial charge in [0.1, 0.15) is 0 Å². The van der Waals surface area contributed by atoms with Gasteiger partial charge in [-0.15, -0.1) is 53.6 Å². The quantitative estimate of drug-likeness (QED) is 0.162. The number of aromatic nitrogens is 4. The first-order valence-electron chi connectivity index (χ1n) is 17.5. The summed E-state index contributed by atoms with van der Waals surface area (Å²) in [5.41, 5.74) is 11.4. The molecule has 0 atom stereocenters. The molecule has 261 valence electrons. The topological polar surface area (TPSA) is 43.6 Å². The van der Waals surface area contributed by atoms with Gasteiger partial charge in [-0.1, -0.05) is 121 Å². The average Bonchev–Trinajstić information content (AvgIpc) is 3.82. The molecule has 4 aromatic heterocycles. The van der Waals surface area contributed by atoms with Crippen LogP contribution in [0.15, 0.2) is 176 Å². The molecule has 0 spiro atoms. The van der Waals surface area contributed by atoms with Crippen molar-refractivity contribution < 1.29 is 20.1 Å². The van der Waals surface area contributed by atoms with Crippen LogP contribution in [0.4, 0.5) is 0 Å². The van der Waals surface area contributed by atoms with E-state index < -0.39 is 0 Å². The summed E-state index contributed by atoms with van der Waals surface area (Å²) in [4.78, 5) is 14.4. The fourth-order valence-electron chi connectivity index (χ4n) is 6.77. The zero-order valence-corrected chi connectivity index (χ0v) is 32.5. The molecule has 0 amide bonds. The standard InChI is InChI=1S/C37H24N3S.C11H8N.Ir/c1-24-17-19-30(35-34(24)29-20-18-27(23-33(29)41-35)25-11-5-2-6-12-25)37-39-36-32(40(37)28-15-9-4-10-16-28)22-21-31(38-36)26-13-7-3-8-14-26;1-2-6-10(7-3-1)11-8-4-5-9-12-11;/h2-18,20-23H,1H3;1-6,8-9H;/q2*-1;. The number of para-hydroxylation sites is 1. The van der Waals surface area contributed by atoms with E-state index in [4.69, 9.17) is 9.97 Å². The van der Waals surface area contributed by atoms with E-state index in [0.717, 1.165) is 50.8 Å². The molecule has 10 rings (SSSR count). The molecule has 0 aliphatic carbocycles. The maximum absolute atomic E-state index is 5.19. The van der Waals surface area contributed by atoms with Crippen molar-refractivity contribution in [1.29, 1.82) is 0 Å². The van der Waals surface area contributed by atoms with Gasteiger partial charge in [-0.2, -0.15) is 11.3 Å². The molecule has 0 fully saturated rings. The van der Waals surface area contributed by atoms with Gasteiger partial charge in [-0.25, -0.2) is 4.98 Å². The third-order valence-electron chi connectivity index (χ3n) is 9.33. The monoisotopic (exact) mass is 889 g/mol. The van der Waals surface area contributed by atoms with Gasteiger partial charge >= 0.3 is 0 Å². The first-order chi connectivity index (χ1) is 26.2. The Kier molecular flexibility index (Phi) is 10.1. The van der Waals surface area contributed by atoms with Crippen molar-refractivity contribution >= 4 is 42.7 Å². The van der Waals surface area contributed by atoms with Crippen molar-refractivity contribution in [3.63, 3.8) is 0 Å². The maximum atomic E-state index is 5.19. The van der Waals surface area contributed by atoms with E-state index in [9.17, 15) is 0 Å². The Morgan fingerprint density at radius 1 is 0.611 bits per heavy atom. The van der Waals surface area contributed by atoms with E-state index in [2.05, 4.69) is 132 Å². The van der Waals surface area contributed by atoms with Crippen molar-refractivity contribution in [1.82, 2.24) is 19.5 Å². The summed E-state index contributed by atoms with van der Waals surface area (Å²) < 4.78 is 4.68. The second kappa shape index (κ2) is 15.5. The SMILES string of the molecule is Cc1c[c-]c(-c2nc3nc(-c4ccccc4)ccc3n2-c2ccccc2)c2sc3cc(-c4ccccc4)ccc3c12.[Ir].[c-]1ccccc1-c1ccccn1. The molecule has 10 aromatic rings. The molecule has 0 aliphatic heterocycles. The van der Waals surface area contributed by atoms with Gasteiger partial charge in [-0.05, 0) is 63.3 Å². The minimum Gasteiger partial charge on any atom is -0.332 e. The van der Waals surface area contributed by atoms with Crippen LogP contribution in [-0.2, 0) is 20.1 Å². The number of aryl methyl sites for hydroxylation is 1. The van der Waals surface area contributed by atoms with E-state index in [1.807, 2.05) is 78.1 Å². The van der Waals surface area contributed by atoms with E-state index >= 15 is 0 Å². The molecule has 54 heavy (non-hydrogen) atoms. The number of nitrogens with zero attached hydrogens (tertiary/aromatic N) is 4. The van der Waals surface area contributed by atoms with Crippen LogP contribution in [0.3, 0.4) is 0 Å². The molecule has 6 heteroatoms. The Balaban J connectivity index is 0.000000271. The normalized spacial score (nSPS) is 10.9. The number of pyridine rings is 2. The summed E-state index contributed by atoms with van der Waals surface area (Å²) in [6, 6.07) is 64.8. The Labute approximate surface area is 331 Å². The maximum Gasteiger partial charge on any atom is 0.168 e. The van der Waals surface area contributed by atoms with Crippen LogP contribution in [0, 0.1) is 19.1 Å². The van der Waals surface area contributed by atoms with Crippen molar-refractivity contribution in [2.75, 3.05) is 0 Å². The van der Waals surface area contributed by atoms with Crippen LogP contribution in [0.2, 0.25) is 0 Å². The average molecular weight is 889 g/mol. The molecule has 0 aliphatic rings. The molecule has 4 nitrogen and oxygen atoms in total. The number of thiophene rings is 1. The van der Waals surface area contributed by atoms with Crippen LogP contribution >= 0.6 is 11.3 Å². The molecular formula is C48H32IrN4S-2. The Bertz CT molecular complexity index is 2780. The van der Waals surface area contributed by atoms with Crippen LogP contribution in [0.5, 0.6) is 0 Å². The van der Waals surface area contributed by atoms with Gasteiger partial charge in [-0.3, -0.25) is 4.98 Å². The van der Waals surface area contributed by atoms with Gasteiger partial charge in [0.25, 0.3) is 0 Å². The van der Waals surface area contributed by atoms with Crippen molar-refractivity contribution in [3.05, 3.63) is 194 Å². The predicted octanol–water partition coefficient (Wildman–Crippen LogP) is 12.4. The number of hydrogen-bond donors (Lipinski definition) is 0. The summed E-state index contributed by atoms with van der Waals surface area (Å²) >= 11 is 1.81. The smallest absolute Gasteiger partial charge is 0.168 e. The second-order valence-electron chi connectivity index (χ2n) is 12.7. The van der Waals surface area contributed by atoms with Gasteiger partial charge in [0.05, 0.1) is 17.0 Å². The Hall–Kier alpha value is -6.04. The van der Waals surface area contributed by atoms with Crippen molar-refractivity contribution in [2.45, 2.75) is 6.92 Å². The summed E-state index contributed by atoms with van der Waals surface area (Å²) in [5, 5.41) is 2.53. The first-order valence-corrected chi connectivity index (χ1v) is 18.3. The molecule has 0 N–H and O–H groups in total. The minimum atomic E-state index is 0. The number of hydrogen-bond acceptors (Lipinski definition) is 4. The van der Waals surface area contributed by atoms with Crippen molar-refractivity contribution in [2.24, 2.45) is 0 Å². The van der Waals surface area contributed by atoms with E-state index in [1.54, 1.807) is 6.20 Å². The van der Waals surface area contributed by atoms with Gasteiger partial charge in [0, 0.05) is 42.3 Å². The Morgan fingerprint density at radius 3 is 2.06 bits per heavy atom. The summed E-state index contributed by atoms with van der Waals surface area (Å²) in [6.45, 7) is 2.17. The van der Waals surface area contributed by atoms with Crippen LogP contribution in [0.1, 0.15) is 5.56 Å². The third-order valence-corrected chi connectivity index (χ3v) is 10.5. The zero-order chi connectivity index (χ0) is 35.6. The van der Waals surface area contributed by atoms with Crippen LogP contribution in [-0.4, -0.2) is 19.5 Å². The second-order valence-corrected chi connectivity index (χ2v) is 13.8. The molecule has 0 bridgehead atoms. The van der Waals surface area contributed by atoms with Gasteiger partial charge < -0.3 is 9.55 Å². The van der Waals surface area contributed by atoms with Gasteiger partial charge in [0.15, 0.2) is 5.65 Å². The predicted molar refractivity (Wildman–Crippen MR) is 220 cm³/mol. The molecule has 1 radical (unpaired) electrons. The Morgan fingerprint density at radius 2 is 1.33 bits per heavy atom. The van der Waals surface area contributed by atoms with E-state index in [0.29, 0.717) is 0 Å². The molecule has 0 saturated heterocycles. The number of imidazole rings is 1. The summed E-state index contributed by atoms with van der Waals surface area (Å²) in [5.74, 6) is 0.851. The largest absolute Gasteiger partial charge is 0.332 e. The number of benzene rings is 6. The summed E-state index contributed by atoms with van der Waals surface area (Å²) in [6.07, 6.45) is 1.79. The van der Waals surface area contributed by atoms with E-state index in [-0.39, 0.29) is 20.1 Å². The fourth-order valence-corrected chi connectivity index (χ4v) is 8.08. The molecule has 0 unspecified atom stereocenters. The molecule has 6 aromatic carbocycles. The number of fused-ring (bicyclic) bond motifs is 4. The van der Waals surface area contributed by atoms with Crippen LogP contribution < -0.4 is 0 Å². The van der Waals surface area contributed by atoms with E-state index in [1.165, 1.54) is 36.9 Å². The van der Waals surface area contributed by atoms with Crippen LogP contribution in [0.25, 0.3) is 82.1 Å². The number of rotatable bonds is 5. The molecule has 4 heterocycles. The fraction of sp³-hybridized carbons (Fsp3) is 0.0208. The zero-order valence-electron chi connectivity index (χ0n) is 29.3. The third kappa shape index (κ3) is 6.79.